The molecule has 0 heterocycles. The molecule has 0 saturated heterocycles. The van der Waals surface area contributed by atoms with Gasteiger partial charge >= 0.3 is 19.8 Å². The van der Waals surface area contributed by atoms with Gasteiger partial charge < -0.3 is 0 Å². The van der Waals surface area contributed by atoms with E-state index in [0.717, 1.165) is 3.57 Å². The maximum Gasteiger partial charge on any atom is 0.342 e. The van der Waals surface area contributed by atoms with Gasteiger partial charge in [-0.3, -0.25) is 14.9 Å². The Morgan fingerprint density at radius 1 is 1.24 bits per heavy atom. The molecule has 0 atom stereocenters. The Morgan fingerprint density at radius 2 is 1.82 bits per heavy atom. The lowest BCUT2D eigenvalue weighted by Gasteiger charge is -2.06. The smallest absolute Gasteiger partial charge is 0.293 e. The number of amides is 2. The van der Waals surface area contributed by atoms with Crippen LogP contribution in [-0.4, -0.2) is 11.8 Å². The summed E-state index contributed by atoms with van der Waals surface area (Å²) in [4.78, 5) is 22.5. The second-order valence-electron chi connectivity index (χ2n) is 2.98. The van der Waals surface area contributed by atoms with E-state index in [0.29, 0.717) is 3.57 Å². The fraction of sp³-hybridized carbons (Fsp3) is 0.111. The second-order valence-corrected chi connectivity index (χ2v) is 7.70. The van der Waals surface area contributed by atoms with Gasteiger partial charge in [0.05, 0.1) is 5.56 Å². The van der Waals surface area contributed by atoms with Gasteiger partial charge in [0.1, 0.15) is 3.57 Å². The van der Waals surface area contributed by atoms with Crippen molar-refractivity contribution in [1.82, 2.24) is 5.32 Å². The van der Waals surface area contributed by atoms with Crippen LogP contribution in [0.25, 0.3) is 0 Å². The van der Waals surface area contributed by atoms with E-state index in [9.17, 15) is 15.7 Å². The molecule has 0 aromatic heterocycles. The van der Waals surface area contributed by atoms with Crippen molar-refractivity contribution in [3.8, 4) is 0 Å². The number of halogens is 3. The predicted octanol–water partition coefficient (Wildman–Crippen LogP) is 2.54. The van der Waals surface area contributed by atoms with Gasteiger partial charge in [-0.2, -0.15) is 0 Å². The first-order valence-electron chi connectivity index (χ1n) is 4.19. The number of imide groups is 1. The summed E-state index contributed by atoms with van der Waals surface area (Å²) >= 11 is 0.0592. The van der Waals surface area contributed by atoms with E-state index in [1.165, 1.54) is 13.0 Å². The van der Waals surface area contributed by atoms with Crippen LogP contribution in [0, 0.1) is 10.7 Å². The topological polar surface area (TPSA) is 80.3 Å². The maximum atomic E-state index is 11.7. The molecule has 0 aliphatic heterocycles. The molecule has 0 bridgehead atoms. The molecule has 17 heavy (non-hydrogen) atoms. The van der Waals surface area contributed by atoms with Crippen LogP contribution in [0.15, 0.2) is 12.1 Å². The molecular formula is C9H6I3NO4. The molecule has 1 rings (SSSR count). The van der Waals surface area contributed by atoms with Crippen LogP contribution in [0.2, 0.25) is 0 Å². The molecule has 92 valence electrons. The maximum absolute atomic E-state index is 11.7. The summed E-state index contributed by atoms with van der Waals surface area (Å²) in [5.74, 6) is -1.20. The average Bonchev–Trinajstić information content (AvgIpc) is 2.14. The standard InChI is InChI=1S/C9H6I3NO4/c1-4(14)13-9(15)6-2-5(10)3-7(11)8(6)12(16)17/h2-3H,1H3,(H,13,14,15). The van der Waals surface area contributed by atoms with E-state index in [4.69, 9.17) is 0 Å². The van der Waals surface area contributed by atoms with E-state index in [-0.39, 0.29) is 9.13 Å². The molecule has 5 nitrogen and oxygen atoms in total. The summed E-state index contributed by atoms with van der Waals surface area (Å²) in [7, 11) is 0. The third-order valence-corrected chi connectivity index (χ3v) is 6.23. The monoisotopic (exact) mass is 573 g/mol. The summed E-state index contributed by atoms with van der Waals surface area (Å²) in [5.41, 5.74) is 0.0340. The molecule has 0 spiro atoms. The zero-order valence-electron chi connectivity index (χ0n) is 8.42. The highest BCUT2D eigenvalue weighted by Crippen LogP contribution is 2.29. The second kappa shape index (κ2) is 6.36. The molecule has 2 amide bonds. The summed E-state index contributed by atoms with van der Waals surface area (Å²) in [6.07, 6.45) is 0. The van der Waals surface area contributed by atoms with Gasteiger partial charge in [0.2, 0.25) is 5.91 Å². The van der Waals surface area contributed by atoms with E-state index < -0.39 is 31.6 Å². The van der Waals surface area contributed by atoms with E-state index in [1.54, 1.807) is 6.07 Å². The summed E-state index contributed by atoms with van der Waals surface area (Å²) in [5, 5.41) is 2.07. The van der Waals surface area contributed by atoms with Crippen molar-refractivity contribution in [2.45, 2.75) is 6.92 Å². The quantitative estimate of drug-likeness (QED) is 0.436. The molecule has 0 radical (unpaired) electrons. The van der Waals surface area contributed by atoms with Crippen LogP contribution in [-0.2, 0) is 10.9 Å². The van der Waals surface area contributed by atoms with Crippen LogP contribution in [0.1, 0.15) is 17.3 Å². The Bertz CT molecular complexity index is 558. The molecule has 1 aromatic rings. The lowest BCUT2D eigenvalue weighted by atomic mass is 10.2. The molecule has 1 aromatic carbocycles. The number of carbonyl (C=O) groups excluding carboxylic acids is 2. The number of rotatable bonds is 2. The first-order valence-corrected chi connectivity index (χ1v) is 9.19. The molecular weight excluding hydrogens is 567 g/mol. The molecule has 0 saturated carbocycles. The van der Waals surface area contributed by atoms with E-state index >= 15 is 0 Å². The van der Waals surface area contributed by atoms with Crippen molar-refractivity contribution in [3.05, 3.63) is 28.4 Å². The van der Waals surface area contributed by atoms with Gasteiger partial charge in [-0.15, -0.1) is 0 Å². The number of nitrogens with one attached hydrogen (secondary N) is 1. The van der Waals surface area contributed by atoms with Crippen molar-refractivity contribution in [3.63, 3.8) is 0 Å². The van der Waals surface area contributed by atoms with Crippen molar-refractivity contribution in [2.75, 3.05) is 0 Å². The Labute approximate surface area is 132 Å². The van der Waals surface area contributed by atoms with Crippen molar-refractivity contribution in [2.24, 2.45) is 0 Å². The third-order valence-electron chi connectivity index (χ3n) is 1.68. The van der Waals surface area contributed by atoms with Gasteiger partial charge in [-0.05, 0) is 57.3 Å². The summed E-state index contributed by atoms with van der Waals surface area (Å²) in [6, 6.07) is 3.12. The Hall–Kier alpha value is 0.150. The zero-order valence-corrected chi connectivity index (χ0v) is 14.9. The van der Waals surface area contributed by atoms with E-state index in [2.05, 4.69) is 5.32 Å². The fourth-order valence-corrected chi connectivity index (χ4v) is 5.52. The highest BCUT2D eigenvalue weighted by Gasteiger charge is 2.19. The third kappa shape index (κ3) is 4.08. The van der Waals surface area contributed by atoms with Crippen molar-refractivity contribution >= 4 is 76.8 Å². The van der Waals surface area contributed by atoms with Crippen LogP contribution in [0.4, 0.5) is 0 Å². The fourth-order valence-electron chi connectivity index (χ4n) is 1.11. The number of hydrogen-bond acceptors (Lipinski definition) is 4. The predicted molar refractivity (Wildman–Crippen MR) is 84.1 cm³/mol. The van der Waals surface area contributed by atoms with Crippen molar-refractivity contribution in [1.29, 1.82) is 0 Å². The van der Waals surface area contributed by atoms with Crippen molar-refractivity contribution < 1.29 is 15.7 Å². The number of hydrogen-bond donors (Lipinski definition) is 1. The highest BCUT2D eigenvalue weighted by atomic mass is 127. The molecule has 0 aliphatic carbocycles. The zero-order chi connectivity index (χ0) is 13.2. The van der Waals surface area contributed by atoms with Gasteiger partial charge in [0.25, 0.3) is 5.91 Å². The van der Waals surface area contributed by atoms with Gasteiger partial charge in [0.15, 0.2) is 0 Å². The van der Waals surface area contributed by atoms with Gasteiger partial charge in [-0.1, -0.05) is 0 Å². The SMILES string of the molecule is CC(=O)NC(=O)c1cc(I)cc(I)c1I(=O)=O. The van der Waals surface area contributed by atoms with Gasteiger partial charge in [0, 0.05) is 14.1 Å². The highest BCUT2D eigenvalue weighted by molar-refractivity contribution is 14.2. The van der Waals surface area contributed by atoms with E-state index in [1.807, 2.05) is 45.2 Å². The minimum atomic E-state index is -3.79. The lowest BCUT2D eigenvalue weighted by Crippen LogP contribution is -2.29. The minimum Gasteiger partial charge on any atom is -0.293 e. The summed E-state index contributed by atoms with van der Waals surface area (Å²) in [6.45, 7) is 1.20. The molecule has 0 aliphatic rings. The Morgan fingerprint density at radius 3 is 2.29 bits per heavy atom. The largest absolute Gasteiger partial charge is 0.342 e. The van der Waals surface area contributed by atoms with Crippen LogP contribution in [0.3, 0.4) is 0 Å². The molecule has 0 fully saturated rings. The summed E-state index contributed by atoms with van der Waals surface area (Å²) < 4.78 is 23.7. The van der Waals surface area contributed by atoms with Gasteiger partial charge in [-0.25, -0.2) is 6.14 Å². The normalized spacial score (nSPS) is 10.4. The molecule has 1 N–H and O–H groups in total. The Balaban J connectivity index is 3.40. The Kier molecular flexibility index (Phi) is 5.69. The molecule has 0 unspecified atom stereocenters. The van der Waals surface area contributed by atoms with Crippen LogP contribution in [0.5, 0.6) is 0 Å². The van der Waals surface area contributed by atoms with Crippen LogP contribution < -0.4 is 5.32 Å². The first-order chi connectivity index (χ1) is 7.82. The number of carbonyl (C=O) groups is 2. The first kappa shape index (κ1) is 15.2. The minimum absolute atomic E-state index is 0.0340. The number of benzene rings is 1. The van der Waals surface area contributed by atoms with Crippen LogP contribution >= 0.6 is 65.0 Å². The molecule has 8 heteroatoms. The lowest BCUT2D eigenvalue weighted by molar-refractivity contribution is -0.118. The average molecular weight is 573 g/mol.